The Labute approximate surface area is 271 Å². The summed E-state index contributed by atoms with van der Waals surface area (Å²) in [5.41, 5.74) is 3.52. The van der Waals surface area contributed by atoms with Crippen molar-refractivity contribution in [2.24, 2.45) is 0 Å². The van der Waals surface area contributed by atoms with Crippen molar-refractivity contribution in [2.75, 3.05) is 67.5 Å². The molecule has 2 amide bonds. The molecular weight excluding hydrogens is 611 g/mol. The highest BCUT2D eigenvalue weighted by atomic mass is 19.4. The molecule has 0 unspecified atom stereocenters. The number of aryl methyl sites for hydroxylation is 2. The zero-order chi connectivity index (χ0) is 33.5. The number of urea groups is 1. The molecule has 2 aliphatic heterocycles. The molecule has 0 aliphatic carbocycles. The van der Waals surface area contributed by atoms with Crippen LogP contribution in [0.4, 0.5) is 52.5 Å². The van der Waals surface area contributed by atoms with Crippen LogP contribution in [0, 0.1) is 13.8 Å². The molecule has 6 rings (SSSR count). The number of ether oxygens (including phenoxy) is 2. The van der Waals surface area contributed by atoms with Crippen LogP contribution in [0.2, 0.25) is 0 Å². The number of hydrogen-bond acceptors (Lipinski definition) is 8. The lowest BCUT2D eigenvalue weighted by Gasteiger charge is -2.37. The molecule has 1 fully saturated rings. The monoisotopic (exact) mass is 647 g/mol. The molecule has 1 saturated heterocycles. The Morgan fingerprint density at radius 3 is 2.30 bits per heavy atom. The van der Waals surface area contributed by atoms with Crippen LogP contribution in [-0.2, 0) is 12.7 Å². The minimum Gasteiger partial charge on any atom is -0.497 e. The number of amides is 2. The third kappa shape index (κ3) is 6.35. The Morgan fingerprint density at radius 1 is 0.915 bits per heavy atom. The van der Waals surface area contributed by atoms with E-state index in [0.29, 0.717) is 41.5 Å². The zero-order valence-corrected chi connectivity index (χ0v) is 26.9. The first kappa shape index (κ1) is 31.9. The van der Waals surface area contributed by atoms with Crippen molar-refractivity contribution in [1.82, 2.24) is 14.9 Å². The Kier molecular flexibility index (Phi) is 8.58. The van der Waals surface area contributed by atoms with Gasteiger partial charge >= 0.3 is 12.2 Å². The van der Waals surface area contributed by atoms with E-state index in [1.54, 1.807) is 35.4 Å². The van der Waals surface area contributed by atoms with Gasteiger partial charge in [-0.25, -0.2) is 14.7 Å². The van der Waals surface area contributed by atoms with Crippen LogP contribution < -0.4 is 29.5 Å². The van der Waals surface area contributed by atoms with Crippen molar-refractivity contribution in [3.8, 4) is 11.5 Å². The van der Waals surface area contributed by atoms with Gasteiger partial charge in [-0.15, -0.1) is 0 Å². The molecule has 2 aliphatic rings. The number of likely N-dealkylation sites (N-methyl/N-ethyl adjacent to an activating group) is 1. The largest absolute Gasteiger partial charge is 0.497 e. The summed E-state index contributed by atoms with van der Waals surface area (Å²) in [5.74, 6) is 1.23. The number of para-hydroxylation sites is 1. The molecule has 1 aromatic heterocycles. The topological polar surface area (TPSA) is 86.3 Å². The molecule has 0 spiro atoms. The van der Waals surface area contributed by atoms with Crippen molar-refractivity contribution >= 4 is 40.5 Å². The molecule has 0 radical (unpaired) electrons. The van der Waals surface area contributed by atoms with E-state index in [1.807, 2.05) is 44.0 Å². The fourth-order valence-electron chi connectivity index (χ4n) is 6.03. The summed E-state index contributed by atoms with van der Waals surface area (Å²) in [6.45, 7) is 6.76. The maximum atomic E-state index is 14.4. The van der Waals surface area contributed by atoms with Crippen LogP contribution in [0.5, 0.6) is 11.5 Å². The van der Waals surface area contributed by atoms with Gasteiger partial charge in [-0.1, -0.05) is 18.2 Å². The number of fused-ring (bicyclic) bond motifs is 1. The van der Waals surface area contributed by atoms with Crippen molar-refractivity contribution in [2.45, 2.75) is 26.6 Å². The summed E-state index contributed by atoms with van der Waals surface area (Å²) in [4.78, 5) is 30.8. The molecule has 0 atom stereocenters. The Balaban J connectivity index is 1.44. The van der Waals surface area contributed by atoms with Crippen molar-refractivity contribution in [3.05, 3.63) is 83.0 Å². The number of hydrogen-bond donors (Lipinski definition) is 1. The van der Waals surface area contributed by atoms with Gasteiger partial charge in [0.2, 0.25) is 5.95 Å². The van der Waals surface area contributed by atoms with Crippen LogP contribution in [-0.4, -0.2) is 68.3 Å². The third-order valence-corrected chi connectivity index (χ3v) is 8.51. The number of nitrogens with one attached hydrogen (secondary N) is 1. The number of halogens is 3. The van der Waals surface area contributed by atoms with E-state index in [0.717, 1.165) is 36.0 Å². The SMILES string of the molecule is COc1ccc(N2C(=O)N(c3c(C)cccc3C)Cc3cnc(Nc4cc(N5CCN(C)CC5)cc(C(F)(F)F)c4)nc32)c(OC)c1. The first-order chi connectivity index (χ1) is 22.5. The normalized spacial score (nSPS) is 15.5. The quantitative estimate of drug-likeness (QED) is 0.232. The van der Waals surface area contributed by atoms with Crippen LogP contribution in [0.3, 0.4) is 0 Å². The molecule has 10 nitrogen and oxygen atoms in total. The van der Waals surface area contributed by atoms with Gasteiger partial charge in [-0.05, 0) is 62.4 Å². The van der Waals surface area contributed by atoms with E-state index >= 15 is 0 Å². The number of benzene rings is 3. The molecule has 246 valence electrons. The number of methoxy groups -OCH3 is 2. The number of anilines is 6. The second-order valence-corrected chi connectivity index (χ2v) is 11.7. The average Bonchev–Trinajstić information content (AvgIpc) is 3.04. The first-order valence-corrected chi connectivity index (χ1v) is 15.2. The second kappa shape index (κ2) is 12.6. The predicted octanol–water partition coefficient (Wildman–Crippen LogP) is 6.90. The summed E-state index contributed by atoms with van der Waals surface area (Å²) in [6.07, 6.45) is -2.96. The van der Waals surface area contributed by atoms with Gasteiger partial charge < -0.3 is 24.6 Å². The Bertz CT molecular complexity index is 1790. The smallest absolute Gasteiger partial charge is 0.416 e. The lowest BCUT2D eigenvalue weighted by atomic mass is 10.1. The molecule has 1 N–H and O–H groups in total. The molecule has 47 heavy (non-hydrogen) atoms. The number of nitrogens with zero attached hydrogens (tertiary/aromatic N) is 6. The van der Waals surface area contributed by atoms with E-state index < -0.39 is 11.7 Å². The van der Waals surface area contributed by atoms with Gasteiger partial charge in [0.05, 0.1) is 37.7 Å². The fourth-order valence-corrected chi connectivity index (χ4v) is 6.03. The second-order valence-electron chi connectivity index (χ2n) is 11.7. The summed E-state index contributed by atoms with van der Waals surface area (Å²) in [6, 6.07) is 14.4. The molecule has 3 heterocycles. The van der Waals surface area contributed by atoms with Gasteiger partial charge in [0.25, 0.3) is 0 Å². The van der Waals surface area contributed by atoms with E-state index in [2.05, 4.69) is 15.2 Å². The number of alkyl halides is 3. The number of rotatable bonds is 7. The van der Waals surface area contributed by atoms with Crippen molar-refractivity contribution in [3.63, 3.8) is 0 Å². The Morgan fingerprint density at radius 2 is 1.64 bits per heavy atom. The van der Waals surface area contributed by atoms with Crippen LogP contribution in [0.1, 0.15) is 22.3 Å². The highest BCUT2D eigenvalue weighted by Crippen LogP contribution is 2.43. The maximum Gasteiger partial charge on any atom is 0.416 e. The summed E-state index contributed by atoms with van der Waals surface area (Å²) < 4.78 is 53.1. The van der Waals surface area contributed by atoms with Crippen LogP contribution in [0.25, 0.3) is 0 Å². The summed E-state index contributed by atoms with van der Waals surface area (Å²) in [7, 11) is 5.02. The molecule has 13 heteroatoms. The van der Waals surface area contributed by atoms with Crippen molar-refractivity contribution in [1.29, 1.82) is 0 Å². The highest BCUT2D eigenvalue weighted by molar-refractivity contribution is 6.11. The lowest BCUT2D eigenvalue weighted by Crippen LogP contribution is -2.46. The molecule has 0 bridgehead atoms. The highest BCUT2D eigenvalue weighted by Gasteiger charge is 2.37. The zero-order valence-electron chi connectivity index (χ0n) is 26.9. The third-order valence-electron chi connectivity index (χ3n) is 8.51. The van der Waals surface area contributed by atoms with E-state index in [9.17, 15) is 18.0 Å². The van der Waals surface area contributed by atoms with Gasteiger partial charge in [-0.2, -0.15) is 18.2 Å². The number of piperazine rings is 1. The standard InChI is InChI=1S/C34H36F3N7O3/c1-21-7-6-8-22(2)30(21)43-20-23-19-38-32(40-31(23)44(33(43)45)28-10-9-27(46-4)18-29(28)47-5)39-25-15-24(34(35,36)37)16-26(17-25)42-13-11-41(3)12-14-42/h6-10,15-19H,11-14,20H2,1-5H3,(H,38,39,40). The number of carbonyl (C=O) groups excluding carboxylic acids is 1. The molecule has 0 saturated carbocycles. The molecule has 4 aromatic rings. The van der Waals surface area contributed by atoms with Crippen LogP contribution >= 0.6 is 0 Å². The molecule has 3 aromatic carbocycles. The Hall–Kier alpha value is -5.04. The van der Waals surface area contributed by atoms with Crippen molar-refractivity contribution < 1.29 is 27.4 Å². The molecular formula is C34H36F3N7O3. The number of aromatic nitrogens is 2. The summed E-state index contributed by atoms with van der Waals surface area (Å²) >= 11 is 0. The van der Waals surface area contributed by atoms with Crippen LogP contribution in [0.15, 0.2) is 60.8 Å². The minimum absolute atomic E-state index is 0.0400. The van der Waals surface area contributed by atoms with Gasteiger partial charge in [-0.3, -0.25) is 4.90 Å². The van der Waals surface area contributed by atoms with Gasteiger partial charge in [0.15, 0.2) is 5.82 Å². The van der Waals surface area contributed by atoms with E-state index in [1.165, 1.54) is 25.2 Å². The van der Waals surface area contributed by atoms with Gasteiger partial charge in [0, 0.05) is 55.4 Å². The fraction of sp³-hybridized carbons (Fsp3) is 0.324. The van der Waals surface area contributed by atoms with E-state index in [-0.39, 0.29) is 30.0 Å². The average molecular weight is 648 g/mol. The number of carbonyl (C=O) groups is 1. The van der Waals surface area contributed by atoms with E-state index in [4.69, 9.17) is 14.5 Å². The minimum atomic E-state index is -4.55. The van der Waals surface area contributed by atoms with Gasteiger partial charge in [0.1, 0.15) is 11.5 Å². The first-order valence-electron chi connectivity index (χ1n) is 15.2. The predicted molar refractivity (Wildman–Crippen MR) is 176 cm³/mol. The summed E-state index contributed by atoms with van der Waals surface area (Å²) in [5, 5.41) is 2.99. The lowest BCUT2D eigenvalue weighted by molar-refractivity contribution is -0.137. The maximum absolute atomic E-state index is 14.4.